The van der Waals surface area contributed by atoms with E-state index in [2.05, 4.69) is 15.2 Å². The van der Waals surface area contributed by atoms with E-state index in [4.69, 9.17) is 10.5 Å². The van der Waals surface area contributed by atoms with Crippen molar-refractivity contribution in [1.82, 2.24) is 15.2 Å². The zero-order chi connectivity index (χ0) is 15.8. The van der Waals surface area contributed by atoms with Crippen LogP contribution in [-0.4, -0.2) is 56.2 Å². The fourth-order valence-electron chi connectivity index (χ4n) is 1.82. The number of aromatic nitrogens is 1. The molecule has 0 saturated carbocycles. The Hall–Kier alpha value is -1.66. The smallest absolute Gasteiger partial charge is 0.251 e. The maximum Gasteiger partial charge on any atom is 0.251 e. The van der Waals surface area contributed by atoms with Crippen LogP contribution in [-0.2, 0) is 4.74 Å². The van der Waals surface area contributed by atoms with E-state index in [0.29, 0.717) is 24.5 Å². The summed E-state index contributed by atoms with van der Waals surface area (Å²) in [4.78, 5) is 18.5. The summed E-state index contributed by atoms with van der Waals surface area (Å²) < 4.78 is 5.01. The Bertz CT molecular complexity index is 463. The predicted molar refractivity (Wildman–Crippen MR) is 84.4 cm³/mol. The number of rotatable bonds is 8. The summed E-state index contributed by atoms with van der Waals surface area (Å²) in [6.45, 7) is 6.92. The van der Waals surface area contributed by atoms with Gasteiger partial charge < -0.3 is 20.7 Å². The lowest BCUT2D eigenvalue weighted by Crippen LogP contribution is -2.34. The summed E-state index contributed by atoms with van der Waals surface area (Å²) in [6.07, 6.45) is 0. The molecular formula is C15H26N4O2. The Balaban J connectivity index is 2.52. The standard InChI is InChI=1S/C15H26N4O2/c1-11(2)13-9-12(10-14(16)18-13)15(20)17-5-6-19(3)7-8-21-4/h9-11H,5-8H2,1-4H3,(H2,16,18)(H,17,20). The summed E-state index contributed by atoms with van der Waals surface area (Å²) in [7, 11) is 3.67. The molecule has 0 unspecified atom stereocenters. The van der Waals surface area contributed by atoms with Gasteiger partial charge >= 0.3 is 0 Å². The first-order valence-corrected chi connectivity index (χ1v) is 7.17. The van der Waals surface area contributed by atoms with Crippen LogP contribution in [0, 0.1) is 0 Å². The van der Waals surface area contributed by atoms with Crippen LogP contribution >= 0.6 is 0 Å². The van der Waals surface area contributed by atoms with Crippen molar-refractivity contribution in [2.45, 2.75) is 19.8 Å². The van der Waals surface area contributed by atoms with Crippen molar-refractivity contribution in [1.29, 1.82) is 0 Å². The average molecular weight is 294 g/mol. The van der Waals surface area contributed by atoms with E-state index in [9.17, 15) is 4.79 Å². The number of carbonyl (C=O) groups excluding carboxylic acids is 1. The van der Waals surface area contributed by atoms with Crippen molar-refractivity contribution in [3.05, 3.63) is 23.4 Å². The van der Waals surface area contributed by atoms with E-state index in [-0.39, 0.29) is 11.8 Å². The van der Waals surface area contributed by atoms with Crippen LogP contribution < -0.4 is 11.1 Å². The zero-order valence-corrected chi connectivity index (χ0v) is 13.3. The van der Waals surface area contributed by atoms with E-state index in [1.807, 2.05) is 20.9 Å². The van der Waals surface area contributed by atoms with E-state index >= 15 is 0 Å². The Labute approximate surface area is 126 Å². The molecule has 0 aliphatic heterocycles. The third-order valence-electron chi connectivity index (χ3n) is 3.17. The predicted octanol–water partition coefficient (Wildman–Crippen LogP) is 1.10. The molecule has 6 nitrogen and oxygen atoms in total. The van der Waals surface area contributed by atoms with E-state index in [1.54, 1.807) is 19.2 Å². The van der Waals surface area contributed by atoms with Crippen molar-refractivity contribution in [2.24, 2.45) is 0 Å². The van der Waals surface area contributed by atoms with Crippen molar-refractivity contribution in [3.63, 3.8) is 0 Å². The van der Waals surface area contributed by atoms with E-state index in [1.165, 1.54) is 0 Å². The number of amides is 1. The van der Waals surface area contributed by atoms with Gasteiger partial charge in [0.15, 0.2) is 0 Å². The molecule has 1 aromatic rings. The molecule has 0 bridgehead atoms. The summed E-state index contributed by atoms with van der Waals surface area (Å²) >= 11 is 0. The van der Waals surface area contributed by atoms with Crippen molar-refractivity contribution >= 4 is 11.7 Å². The normalized spacial score (nSPS) is 11.1. The lowest BCUT2D eigenvalue weighted by molar-refractivity contribution is 0.0947. The quantitative estimate of drug-likeness (QED) is 0.750. The number of carbonyl (C=O) groups is 1. The van der Waals surface area contributed by atoms with Crippen LogP contribution in [0.15, 0.2) is 12.1 Å². The number of nitrogen functional groups attached to an aromatic ring is 1. The number of hydrogen-bond acceptors (Lipinski definition) is 5. The number of anilines is 1. The molecule has 21 heavy (non-hydrogen) atoms. The second-order valence-corrected chi connectivity index (χ2v) is 5.41. The Kier molecular flexibility index (Phi) is 7.11. The average Bonchev–Trinajstić information content (AvgIpc) is 2.44. The van der Waals surface area contributed by atoms with Crippen LogP contribution in [0.1, 0.15) is 35.8 Å². The maximum absolute atomic E-state index is 12.1. The molecule has 1 rings (SSSR count). The van der Waals surface area contributed by atoms with Crippen LogP contribution in [0.2, 0.25) is 0 Å². The topological polar surface area (TPSA) is 80.5 Å². The fraction of sp³-hybridized carbons (Fsp3) is 0.600. The highest BCUT2D eigenvalue weighted by Crippen LogP contribution is 2.15. The second-order valence-electron chi connectivity index (χ2n) is 5.41. The molecule has 0 radical (unpaired) electrons. The molecule has 1 amide bonds. The number of nitrogens with zero attached hydrogens (tertiary/aromatic N) is 2. The minimum Gasteiger partial charge on any atom is -0.384 e. The first kappa shape index (κ1) is 17.4. The number of methoxy groups -OCH3 is 1. The molecule has 3 N–H and O–H groups in total. The molecule has 0 fully saturated rings. The molecule has 1 aromatic heterocycles. The molecule has 0 spiro atoms. The van der Waals surface area contributed by atoms with Crippen molar-refractivity contribution in [2.75, 3.05) is 46.1 Å². The molecule has 1 heterocycles. The van der Waals surface area contributed by atoms with Gasteiger partial charge in [0.05, 0.1) is 6.61 Å². The molecule has 0 aromatic carbocycles. The summed E-state index contributed by atoms with van der Waals surface area (Å²) in [5, 5.41) is 2.89. The highest BCUT2D eigenvalue weighted by atomic mass is 16.5. The highest BCUT2D eigenvalue weighted by Gasteiger charge is 2.10. The monoisotopic (exact) mass is 294 g/mol. The summed E-state index contributed by atoms with van der Waals surface area (Å²) in [5.74, 6) is 0.495. The second kappa shape index (κ2) is 8.59. The first-order chi connectivity index (χ1) is 9.93. The molecule has 0 saturated heterocycles. The number of nitrogens with two attached hydrogens (primary N) is 1. The maximum atomic E-state index is 12.1. The highest BCUT2D eigenvalue weighted by molar-refractivity contribution is 5.94. The van der Waals surface area contributed by atoms with Crippen molar-refractivity contribution < 1.29 is 9.53 Å². The minimum absolute atomic E-state index is 0.119. The van der Waals surface area contributed by atoms with Gasteiger partial charge in [0.1, 0.15) is 5.82 Å². The van der Waals surface area contributed by atoms with Gasteiger partial charge in [0.2, 0.25) is 0 Å². The fourth-order valence-corrected chi connectivity index (χ4v) is 1.82. The van der Waals surface area contributed by atoms with Crippen LogP contribution in [0.5, 0.6) is 0 Å². The van der Waals surface area contributed by atoms with Gasteiger partial charge in [-0.25, -0.2) is 4.98 Å². The SMILES string of the molecule is COCCN(C)CCNC(=O)c1cc(N)nc(C(C)C)c1. The molecule has 6 heteroatoms. The lowest BCUT2D eigenvalue weighted by atomic mass is 10.1. The summed E-state index contributed by atoms with van der Waals surface area (Å²) in [6, 6.07) is 3.40. The first-order valence-electron chi connectivity index (χ1n) is 7.17. The van der Waals surface area contributed by atoms with Gasteiger partial charge in [-0.05, 0) is 25.1 Å². The Morgan fingerprint density at radius 1 is 1.43 bits per heavy atom. The molecular weight excluding hydrogens is 268 g/mol. The van der Waals surface area contributed by atoms with Gasteiger partial charge in [-0.1, -0.05) is 13.8 Å². The third-order valence-corrected chi connectivity index (χ3v) is 3.17. The number of hydrogen-bond donors (Lipinski definition) is 2. The van der Waals surface area contributed by atoms with Crippen molar-refractivity contribution in [3.8, 4) is 0 Å². The summed E-state index contributed by atoms with van der Waals surface area (Å²) in [5.41, 5.74) is 7.15. The van der Waals surface area contributed by atoms with Gasteiger partial charge in [0.25, 0.3) is 5.91 Å². The van der Waals surface area contributed by atoms with Gasteiger partial charge in [-0.15, -0.1) is 0 Å². The number of likely N-dealkylation sites (N-methyl/N-ethyl adjacent to an activating group) is 1. The number of nitrogens with one attached hydrogen (secondary N) is 1. The van der Waals surface area contributed by atoms with Crippen LogP contribution in [0.3, 0.4) is 0 Å². The van der Waals surface area contributed by atoms with Gasteiger partial charge in [-0.3, -0.25) is 4.79 Å². The zero-order valence-electron chi connectivity index (χ0n) is 13.3. The number of pyridine rings is 1. The van der Waals surface area contributed by atoms with E-state index in [0.717, 1.165) is 18.8 Å². The van der Waals surface area contributed by atoms with Gasteiger partial charge in [0, 0.05) is 38.0 Å². The Morgan fingerprint density at radius 2 is 2.14 bits per heavy atom. The minimum atomic E-state index is -0.119. The van der Waals surface area contributed by atoms with Crippen LogP contribution in [0.4, 0.5) is 5.82 Å². The molecule has 0 aliphatic rings. The lowest BCUT2D eigenvalue weighted by Gasteiger charge is -2.16. The number of ether oxygens (including phenoxy) is 1. The largest absolute Gasteiger partial charge is 0.384 e. The Morgan fingerprint density at radius 3 is 2.76 bits per heavy atom. The molecule has 0 atom stereocenters. The van der Waals surface area contributed by atoms with E-state index < -0.39 is 0 Å². The third kappa shape index (κ3) is 6.10. The molecule has 118 valence electrons. The van der Waals surface area contributed by atoms with Gasteiger partial charge in [-0.2, -0.15) is 0 Å². The molecule has 0 aliphatic carbocycles. The van der Waals surface area contributed by atoms with Crippen LogP contribution in [0.25, 0.3) is 0 Å².